The Bertz CT molecular complexity index is 2210. The Morgan fingerprint density at radius 3 is 2.47 bits per heavy atom. The van der Waals surface area contributed by atoms with Crippen molar-refractivity contribution < 1.29 is 28.7 Å². The first-order valence-electron chi connectivity index (χ1n) is 21.5. The molecule has 3 aliphatic heterocycles. The molecule has 0 bridgehead atoms. The lowest BCUT2D eigenvalue weighted by Gasteiger charge is -2.27. The van der Waals surface area contributed by atoms with Crippen molar-refractivity contribution >= 4 is 69.6 Å². The summed E-state index contributed by atoms with van der Waals surface area (Å²) in [5.74, 6) is 1.41. The van der Waals surface area contributed by atoms with Crippen molar-refractivity contribution in [1.82, 2.24) is 35.8 Å². The second kappa shape index (κ2) is 21.7. The largest absolute Gasteiger partial charge is 0.378 e. The lowest BCUT2D eigenvalue weighted by atomic mass is 10.0. The average molecular weight is 865 g/mol. The summed E-state index contributed by atoms with van der Waals surface area (Å²) in [4.78, 5) is 77.9. The van der Waals surface area contributed by atoms with Gasteiger partial charge in [0.05, 0.1) is 37.1 Å². The fourth-order valence-electron chi connectivity index (χ4n) is 7.90. The highest BCUT2D eigenvalue weighted by Crippen LogP contribution is 2.33. The molecule has 16 nitrogen and oxygen atoms in total. The number of carbonyl (C=O) groups is 5. The van der Waals surface area contributed by atoms with Crippen LogP contribution in [-0.4, -0.2) is 119 Å². The normalized spacial score (nSPS) is 18.3. The molecule has 0 spiro atoms. The van der Waals surface area contributed by atoms with Crippen LogP contribution in [0.5, 0.6) is 0 Å². The Labute approximate surface area is 365 Å². The number of nitrogens with zero attached hydrogens (tertiary/aromatic N) is 4. The topological polar surface area (TPSA) is 203 Å². The van der Waals surface area contributed by atoms with Gasteiger partial charge in [-0.05, 0) is 67.1 Å². The van der Waals surface area contributed by atoms with Crippen molar-refractivity contribution in [2.75, 3.05) is 67.7 Å². The van der Waals surface area contributed by atoms with Gasteiger partial charge in [0.15, 0.2) is 0 Å². The second-order valence-corrected chi connectivity index (χ2v) is 17.2. The fourth-order valence-corrected chi connectivity index (χ4v) is 9.45. The van der Waals surface area contributed by atoms with Crippen LogP contribution >= 0.6 is 11.8 Å². The minimum absolute atomic E-state index is 0.00476. The SMILES string of the molecule is CN(C/C=C/C(=O)Nc1ccc(CC(=O)Nc2ccc(-c3cc4c(N5CCOCC5)ncnc4[nH]3)cc2)cc1)C(=O)CCCCCNC(=O)CCCC[C@@H]1SC[C@@H]2NC(=O)N[C@@H]21. The first-order chi connectivity index (χ1) is 30.2. The van der Waals surface area contributed by atoms with Gasteiger partial charge in [-0.3, -0.25) is 19.2 Å². The molecule has 4 aromatic rings. The van der Waals surface area contributed by atoms with E-state index in [-0.39, 0.29) is 48.2 Å². The van der Waals surface area contributed by atoms with Gasteiger partial charge >= 0.3 is 6.03 Å². The van der Waals surface area contributed by atoms with Gasteiger partial charge in [0, 0.05) is 80.2 Å². The molecule has 328 valence electrons. The third-order valence-electron chi connectivity index (χ3n) is 11.3. The molecule has 62 heavy (non-hydrogen) atoms. The molecule has 3 fully saturated rings. The lowest BCUT2D eigenvalue weighted by Crippen LogP contribution is -2.36. The number of likely N-dealkylation sites (N-methyl/N-ethyl adjacent to an activating group) is 1. The van der Waals surface area contributed by atoms with Gasteiger partial charge in [-0.25, -0.2) is 14.8 Å². The number of aromatic amines is 1. The zero-order chi connectivity index (χ0) is 43.3. The predicted molar refractivity (Wildman–Crippen MR) is 242 cm³/mol. The molecule has 0 radical (unpaired) electrons. The number of nitrogens with one attached hydrogen (secondary N) is 6. The number of hydrogen-bond donors (Lipinski definition) is 6. The Kier molecular flexibility index (Phi) is 15.5. The molecule has 3 aliphatic rings. The van der Waals surface area contributed by atoms with E-state index < -0.39 is 0 Å². The van der Waals surface area contributed by atoms with Crippen molar-refractivity contribution in [2.24, 2.45) is 0 Å². The molecule has 0 saturated carbocycles. The number of thioether (sulfide) groups is 1. The summed E-state index contributed by atoms with van der Waals surface area (Å²) in [5, 5.41) is 16.1. The van der Waals surface area contributed by atoms with Crippen molar-refractivity contribution in [3.05, 3.63) is 78.6 Å². The summed E-state index contributed by atoms with van der Waals surface area (Å²) in [6.45, 7) is 3.81. The molecule has 5 heterocycles. The number of unbranched alkanes of at least 4 members (excludes halogenated alkanes) is 3. The number of aromatic nitrogens is 3. The Morgan fingerprint density at radius 1 is 0.903 bits per heavy atom. The number of amides is 6. The number of morpholine rings is 1. The standard InChI is InChI=1S/C45H56N10O6S/c1-54(41(59)11-3-2-6-20-46-38(56)9-5-4-8-37-42-36(28-62-37)52-45(60)53-42)21-7-10-39(57)49-32-16-12-30(13-17-32)26-40(58)50-33-18-14-31(15-19-33)35-27-34-43(51-35)47-29-48-44(34)55-22-24-61-25-23-55/h7,10,12-19,27,29,36-37,42H,2-6,8-9,11,20-26,28H2,1H3,(H,46,56)(H,49,57)(H,50,58)(H,47,48,51)(H2,52,53,60)/b10-7+/t36-,37-,42-/m0/s1. The van der Waals surface area contributed by atoms with E-state index in [1.54, 1.807) is 48.6 Å². The van der Waals surface area contributed by atoms with Gasteiger partial charge in [0.2, 0.25) is 23.6 Å². The van der Waals surface area contributed by atoms with Crippen LogP contribution in [0.1, 0.15) is 56.9 Å². The smallest absolute Gasteiger partial charge is 0.315 e. The monoisotopic (exact) mass is 864 g/mol. The van der Waals surface area contributed by atoms with Crippen molar-refractivity contribution in [2.45, 2.75) is 75.1 Å². The zero-order valence-corrected chi connectivity index (χ0v) is 35.9. The molecule has 6 N–H and O–H groups in total. The number of hydrogen-bond acceptors (Lipinski definition) is 10. The van der Waals surface area contributed by atoms with Crippen LogP contribution in [0.4, 0.5) is 22.0 Å². The number of urea groups is 1. The summed E-state index contributed by atoms with van der Waals surface area (Å²) >= 11 is 1.89. The van der Waals surface area contributed by atoms with Gasteiger partial charge < -0.3 is 46.1 Å². The molecule has 17 heteroatoms. The maximum Gasteiger partial charge on any atom is 0.315 e. The summed E-state index contributed by atoms with van der Waals surface area (Å²) in [7, 11) is 1.71. The molecule has 2 aromatic carbocycles. The van der Waals surface area contributed by atoms with Crippen LogP contribution in [0, 0.1) is 0 Å². The fraction of sp³-hybridized carbons (Fsp3) is 0.444. The first-order valence-corrected chi connectivity index (χ1v) is 22.6. The van der Waals surface area contributed by atoms with Crippen molar-refractivity contribution in [3.63, 3.8) is 0 Å². The Balaban J connectivity index is 0.732. The van der Waals surface area contributed by atoms with Gasteiger partial charge in [0.1, 0.15) is 17.8 Å². The van der Waals surface area contributed by atoms with Crippen LogP contribution in [0.25, 0.3) is 22.3 Å². The molecule has 0 aliphatic carbocycles. The zero-order valence-electron chi connectivity index (χ0n) is 35.1. The van der Waals surface area contributed by atoms with Crippen molar-refractivity contribution in [3.8, 4) is 11.3 Å². The first kappa shape index (κ1) is 44.1. The number of anilines is 3. The molecule has 3 atom stereocenters. The highest BCUT2D eigenvalue weighted by Gasteiger charge is 2.42. The maximum absolute atomic E-state index is 12.9. The van der Waals surface area contributed by atoms with Gasteiger partial charge in [-0.1, -0.05) is 43.2 Å². The number of rotatable bonds is 20. The molecular weight excluding hydrogens is 809 g/mol. The van der Waals surface area contributed by atoms with E-state index in [9.17, 15) is 24.0 Å². The summed E-state index contributed by atoms with van der Waals surface area (Å²) in [6, 6.07) is 17.2. The van der Waals surface area contributed by atoms with Crippen LogP contribution < -0.4 is 31.5 Å². The Morgan fingerprint density at radius 2 is 1.66 bits per heavy atom. The summed E-state index contributed by atoms with van der Waals surface area (Å²) in [5.41, 5.74) is 4.71. The minimum atomic E-state index is -0.317. The van der Waals surface area contributed by atoms with E-state index in [2.05, 4.69) is 52.5 Å². The molecule has 7 rings (SSSR count). The van der Waals surface area contributed by atoms with E-state index in [0.29, 0.717) is 55.8 Å². The van der Waals surface area contributed by atoms with Gasteiger partial charge in [-0.15, -0.1) is 0 Å². The predicted octanol–water partition coefficient (Wildman–Crippen LogP) is 5.00. The van der Waals surface area contributed by atoms with Crippen molar-refractivity contribution in [1.29, 1.82) is 0 Å². The van der Waals surface area contributed by atoms with Crippen LogP contribution in [0.2, 0.25) is 0 Å². The molecule has 6 amide bonds. The summed E-state index contributed by atoms with van der Waals surface area (Å²) < 4.78 is 5.49. The number of fused-ring (bicyclic) bond motifs is 2. The third kappa shape index (κ3) is 12.3. The quantitative estimate of drug-likeness (QED) is 0.0399. The summed E-state index contributed by atoms with van der Waals surface area (Å²) in [6.07, 6.45) is 10.8. The third-order valence-corrected chi connectivity index (χ3v) is 12.8. The highest BCUT2D eigenvalue weighted by molar-refractivity contribution is 8.00. The molecule has 2 aromatic heterocycles. The second-order valence-electron chi connectivity index (χ2n) is 15.9. The number of carbonyl (C=O) groups excluding carboxylic acids is 5. The average Bonchev–Trinajstić information content (AvgIpc) is 3.99. The number of ether oxygens (including phenoxy) is 1. The van der Waals surface area contributed by atoms with E-state index in [1.165, 1.54) is 6.08 Å². The maximum atomic E-state index is 12.9. The Hall–Kier alpha value is -5.94. The van der Waals surface area contributed by atoms with E-state index in [0.717, 1.165) is 91.0 Å². The van der Waals surface area contributed by atoms with E-state index in [1.807, 2.05) is 36.0 Å². The van der Waals surface area contributed by atoms with Crippen LogP contribution in [0.15, 0.2) is 73.1 Å². The molecular formula is C45H56N10O6S. The van der Waals surface area contributed by atoms with Crippen LogP contribution in [0.3, 0.4) is 0 Å². The van der Waals surface area contributed by atoms with E-state index in [4.69, 9.17) is 4.74 Å². The minimum Gasteiger partial charge on any atom is -0.378 e. The van der Waals surface area contributed by atoms with E-state index >= 15 is 0 Å². The molecule has 3 saturated heterocycles. The lowest BCUT2D eigenvalue weighted by molar-refractivity contribution is -0.129. The van der Waals surface area contributed by atoms with Gasteiger partial charge in [0.25, 0.3) is 0 Å². The molecule has 0 unspecified atom stereocenters. The number of H-pyrrole nitrogens is 1. The van der Waals surface area contributed by atoms with Crippen LogP contribution in [-0.2, 0) is 30.3 Å². The van der Waals surface area contributed by atoms with Gasteiger partial charge in [-0.2, -0.15) is 11.8 Å². The highest BCUT2D eigenvalue weighted by atomic mass is 32.2. The number of benzene rings is 2.